The lowest BCUT2D eigenvalue weighted by Crippen LogP contribution is -2.30. The number of nitrogens with zero attached hydrogens (tertiary/aromatic N) is 1. The summed E-state index contributed by atoms with van der Waals surface area (Å²) in [5.74, 6) is -1.31. The Morgan fingerprint density at radius 3 is 2.33 bits per heavy atom. The first kappa shape index (κ1) is 31.0. The van der Waals surface area contributed by atoms with Gasteiger partial charge in [0.15, 0.2) is 0 Å². The van der Waals surface area contributed by atoms with E-state index in [-0.39, 0.29) is 17.3 Å². The van der Waals surface area contributed by atoms with Crippen molar-refractivity contribution in [2.75, 3.05) is 10.6 Å². The maximum Gasteiger partial charge on any atom is 0.272 e. The molecule has 0 aromatic heterocycles. The van der Waals surface area contributed by atoms with Crippen molar-refractivity contribution >= 4 is 64.2 Å². The summed E-state index contributed by atoms with van der Waals surface area (Å²) in [6.07, 6.45) is 1.50. The number of thioether (sulfide) groups is 1. The molecule has 1 atom stereocenters. The Hall–Kier alpha value is -4.93. The Bertz CT molecular complexity index is 1710. The number of aryl methyl sites for hydroxylation is 1. The van der Waals surface area contributed by atoms with E-state index in [0.717, 1.165) is 0 Å². The quantitative estimate of drug-likeness (QED) is 0.0757. The number of anilines is 2. The molecule has 0 spiro atoms. The first-order valence-corrected chi connectivity index (χ1v) is 14.3. The van der Waals surface area contributed by atoms with Gasteiger partial charge in [-0.2, -0.15) is 0 Å². The van der Waals surface area contributed by atoms with Gasteiger partial charge in [0.25, 0.3) is 17.5 Å². The molecular weight excluding hydrogens is 588 g/mol. The SMILES string of the molecule is Cc1cc([N+](=O)[O-])ccc1NC(=O)C(C)Sc1cccc(NC(=O)/C(=C\c2ccccc2Cl)NC(=O)c2ccccc2)c1. The first-order valence-electron chi connectivity index (χ1n) is 13.1. The van der Waals surface area contributed by atoms with Gasteiger partial charge in [-0.05, 0) is 73.5 Å². The van der Waals surface area contributed by atoms with Gasteiger partial charge in [0, 0.05) is 39.0 Å². The summed E-state index contributed by atoms with van der Waals surface area (Å²) in [5.41, 5.74) is 2.38. The van der Waals surface area contributed by atoms with Crippen LogP contribution in [0.5, 0.6) is 0 Å². The van der Waals surface area contributed by atoms with Crippen LogP contribution in [-0.4, -0.2) is 27.9 Å². The Kier molecular flexibility index (Phi) is 10.3. The lowest BCUT2D eigenvalue weighted by Gasteiger charge is -2.15. The maximum absolute atomic E-state index is 13.4. The van der Waals surface area contributed by atoms with Crippen LogP contribution in [0.2, 0.25) is 5.02 Å². The average Bonchev–Trinajstić information content (AvgIpc) is 2.99. The number of halogens is 1. The Morgan fingerprint density at radius 1 is 0.907 bits per heavy atom. The van der Waals surface area contributed by atoms with Gasteiger partial charge >= 0.3 is 0 Å². The third kappa shape index (κ3) is 8.54. The predicted molar refractivity (Wildman–Crippen MR) is 170 cm³/mol. The van der Waals surface area contributed by atoms with Crippen LogP contribution in [0.25, 0.3) is 6.08 Å². The number of amides is 3. The van der Waals surface area contributed by atoms with E-state index in [9.17, 15) is 24.5 Å². The number of hydrogen-bond donors (Lipinski definition) is 3. The number of hydrogen-bond acceptors (Lipinski definition) is 6. The summed E-state index contributed by atoms with van der Waals surface area (Å²) >= 11 is 7.58. The molecule has 0 aliphatic carbocycles. The second-order valence-corrected chi connectivity index (χ2v) is 11.2. The third-order valence-corrected chi connectivity index (χ3v) is 7.62. The molecule has 4 rings (SSSR count). The molecule has 1 unspecified atom stereocenters. The van der Waals surface area contributed by atoms with Gasteiger partial charge < -0.3 is 16.0 Å². The van der Waals surface area contributed by atoms with Gasteiger partial charge in [0.2, 0.25) is 5.91 Å². The second-order valence-electron chi connectivity index (χ2n) is 9.39. The molecule has 0 fully saturated rings. The van der Waals surface area contributed by atoms with Crippen molar-refractivity contribution in [3.8, 4) is 0 Å². The molecule has 4 aromatic rings. The highest BCUT2D eigenvalue weighted by Gasteiger charge is 2.19. The molecule has 0 radical (unpaired) electrons. The van der Waals surface area contributed by atoms with Crippen molar-refractivity contribution in [2.24, 2.45) is 0 Å². The van der Waals surface area contributed by atoms with Gasteiger partial charge in [0.05, 0.1) is 10.2 Å². The Labute approximate surface area is 257 Å². The van der Waals surface area contributed by atoms with E-state index in [2.05, 4.69) is 16.0 Å². The molecule has 43 heavy (non-hydrogen) atoms. The largest absolute Gasteiger partial charge is 0.325 e. The fourth-order valence-corrected chi connectivity index (χ4v) is 5.05. The normalized spacial score (nSPS) is 11.7. The number of non-ortho nitro benzene ring substituents is 1. The standard InChI is InChI=1S/C32H27ClN4O5S/c1-20-17-25(37(41)42)15-16-28(20)35-30(38)21(2)43-26-13-8-12-24(19-26)34-32(40)29(18-23-11-6-7-14-27(23)33)36-31(39)22-9-4-3-5-10-22/h3-19,21H,1-2H3,(H,34,40)(H,35,38)(H,36,39)/b29-18+. The molecule has 0 aliphatic heterocycles. The zero-order valence-corrected chi connectivity index (χ0v) is 24.7. The smallest absolute Gasteiger partial charge is 0.272 e. The Morgan fingerprint density at radius 2 is 1.63 bits per heavy atom. The van der Waals surface area contributed by atoms with Crippen LogP contribution in [0.4, 0.5) is 17.1 Å². The topological polar surface area (TPSA) is 130 Å². The van der Waals surface area contributed by atoms with Crippen molar-refractivity contribution in [3.05, 3.63) is 135 Å². The van der Waals surface area contributed by atoms with Crippen LogP contribution >= 0.6 is 23.4 Å². The van der Waals surface area contributed by atoms with Crippen LogP contribution in [0.3, 0.4) is 0 Å². The molecule has 0 aliphatic rings. The minimum atomic E-state index is -0.564. The van der Waals surface area contributed by atoms with Crippen LogP contribution in [0.1, 0.15) is 28.4 Å². The van der Waals surface area contributed by atoms with E-state index in [1.54, 1.807) is 92.7 Å². The van der Waals surface area contributed by atoms with Crippen molar-refractivity contribution in [2.45, 2.75) is 24.0 Å². The van der Waals surface area contributed by atoms with E-state index in [1.165, 1.54) is 36.0 Å². The zero-order chi connectivity index (χ0) is 30.9. The number of nitrogens with one attached hydrogen (secondary N) is 3. The van der Waals surface area contributed by atoms with Crippen molar-refractivity contribution in [3.63, 3.8) is 0 Å². The monoisotopic (exact) mass is 614 g/mol. The fraction of sp³-hybridized carbons (Fsp3) is 0.0938. The van der Waals surface area contributed by atoms with Crippen molar-refractivity contribution in [1.82, 2.24) is 5.32 Å². The number of rotatable bonds is 10. The van der Waals surface area contributed by atoms with Crippen LogP contribution in [0.15, 0.2) is 108 Å². The predicted octanol–water partition coefficient (Wildman–Crippen LogP) is 7.09. The van der Waals surface area contributed by atoms with Crippen molar-refractivity contribution < 1.29 is 19.3 Å². The molecule has 0 bridgehead atoms. The summed E-state index contributed by atoms with van der Waals surface area (Å²) < 4.78 is 0. The summed E-state index contributed by atoms with van der Waals surface area (Å²) in [6.45, 7) is 3.42. The van der Waals surface area contributed by atoms with E-state index >= 15 is 0 Å². The van der Waals surface area contributed by atoms with E-state index in [1.807, 2.05) is 0 Å². The summed E-state index contributed by atoms with van der Waals surface area (Å²) in [6, 6.07) is 26.7. The summed E-state index contributed by atoms with van der Waals surface area (Å²) in [5, 5.41) is 19.2. The second kappa shape index (κ2) is 14.3. The molecule has 0 saturated heterocycles. The highest BCUT2D eigenvalue weighted by molar-refractivity contribution is 8.00. The van der Waals surface area contributed by atoms with Crippen LogP contribution in [-0.2, 0) is 9.59 Å². The van der Waals surface area contributed by atoms with E-state index in [0.29, 0.717) is 38.0 Å². The molecule has 218 valence electrons. The average molecular weight is 615 g/mol. The lowest BCUT2D eigenvalue weighted by atomic mass is 10.1. The number of carbonyl (C=O) groups is 3. The number of benzene rings is 4. The van der Waals surface area contributed by atoms with E-state index < -0.39 is 22.0 Å². The molecule has 0 heterocycles. The summed E-state index contributed by atoms with van der Waals surface area (Å²) in [4.78, 5) is 50.4. The Balaban J connectivity index is 1.47. The van der Waals surface area contributed by atoms with Crippen LogP contribution in [0, 0.1) is 17.0 Å². The minimum Gasteiger partial charge on any atom is -0.325 e. The minimum absolute atomic E-state index is 0.00813. The van der Waals surface area contributed by atoms with Gasteiger partial charge in [-0.15, -0.1) is 11.8 Å². The molecule has 9 nitrogen and oxygen atoms in total. The summed E-state index contributed by atoms with van der Waals surface area (Å²) in [7, 11) is 0. The van der Waals surface area contributed by atoms with Gasteiger partial charge in [0.1, 0.15) is 5.70 Å². The highest BCUT2D eigenvalue weighted by atomic mass is 35.5. The maximum atomic E-state index is 13.4. The molecule has 3 N–H and O–H groups in total. The van der Waals surface area contributed by atoms with E-state index in [4.69, 9.17) is 11.6 Å². The molecule has 4 aromatic carbocycles. The molecular formula is C32H27ClN4O5S. The van der Waals surface area contributed by atoms with Gasteiger partial charge in [-0.25, -0.2) is 0 Å². The van der Waals surface area contributed by atoms with Gasteiger partial charge in [-0.1, -0.05) is 54.1 Å². The van der Waals surface area contributed by atoms with Crippen molar-refractivity contribution in [1.29, 1.82) is 0 Å². The first-order chi connectivity index (χ1) is 20.6. The highest BCUT2D eigenvalue weighted by Crippen LogP contribution is 2.28. The number of carbonyl (C=O) groups excluding carboxylic acids is 3. The molecule has 11 heteroatoms. The number of nitro benzene ring substituents is 1. The molecule has 3 amide bonds. The third-order valence-electron chi connectivity index (χ3n) is 6.19. The van der Waals surface area contributed by atoms with Crippen LogP contribution < -0.4 is 16.0 Å². The lowest BCUT2D eigenvalue weighted by molar-refractivity contribution is -0.384. The number of nitro groups is 1. The fourth-order valence-electron chi connectivity index (χ4n) is 3.93. The molecule has 0 saturated carbocycles. The van der Waals surface area contributed by atoms with Gasteiger partial charge in [-0.3, -0.25) is 24.5 Å². The zero-order valence-electron chi connectivity index (χ0n) is 23.2.